The van der Waals surface area contributed by atoms with Crippen LogP contribution in [-0.2, 0) is 65.4 Å². The molecule has 88 heavy (non-hydrogen) atoms. The van der Waals surface area contributed by atoms with E-state index >= 15 is 0 Å². The molecule has 0 aliphatic heterocycles. The molecule has 3 N–H and O–H groups in total. The predicted molar refractivity (Wildman–Crippen MR) is 354 cm³/mol. The van der Waals surface area contributed by atoms with Gasteiger partial charge >= 0.3 is 39.5 Å². The average molecular weight is 1300 g/mol. The Bertz CT molecular complexity index is 1720. The molecule has 0 aliphatic carbocycles. The zero-order valence-electron chi connectivity index (χ0n) is 57.0. The van der Waals surface area contributed by atoms with E-state index in [9.17, 15) is 43.2 Å². The predicted octanol–water partition coefficient (Wildman–Crippen LogP) is 19.6. The molecule has 0 rings (SSSR count). The van der Waals surface area contributed by atoms with Crippen LogP contribution in [0.1, 0.15) is 350 Å². The molecule has 17 nitrogen and oxygen atoms in total. The van der Waals surface area contributed by atoms with Crippen LogP contribution < -0.4 is 0 Å². The molecule has 0 aliphatic rings. The maximum Gasteiger partial charge on any atom is 0.472 e. The Morgan fingerprint density at radius 3 is 0.773 bits per heavy atom. The minimum atomic E-state index is -4.95. The van der Waals surface area contributed by atoms with E-state index in [4.69, 9.17) is 37.0 Å². The van der Waals surface area contributed by atoms with E-state index in [1.54, 1.807) is 0 Å². The molecule has 0 fully saturated rings. The van der Waals surface area contributed by atoms with E-state index in [0.29, 0.717) is 25.7 Å². The van der Waals surface area contributed by atoms with Gasteiger partial charge < -0.3 is 33.8 Å². The zero-order chi connectivity index (χ0) is 65.0. The first-order valence-corrected chi connectivity index (χ1v) is 39.0. The van der Waals surface area contributed by atoms with E-state index in [-0.39, 0.29) is 25.7 Å². The molecule has 2 unspecified atom stereocenters. The Morgan fingerprint density at radius 1 is 0.307 bits per heavy atom. The van der Waals surface area contributed by atoms with Gasteiger partial charge in [0.25, 0.3) is 0 Å². The van der Waals surface area contributed by atoms with Crippen molar-refractivity contribution >= 4 is 39.5 Å². The van der Waals surface area contributed by atoms with Gasteiger partial charge in [0.1, 0.15) is 19.3 Å². The van der Waals surface area contributed by atoms with Gasteiger partial charge in [-0.1, -0.05) is 298 Å². The topological polar surface area (TPSA) is 237 Å². The molecule has 0 amide bonds. The highest BCUT2D eigenvalue weighted by molar-refractivity contribution is 7.47. The molecule has 0 aromatic heterocycles. The fourth-order valence-corrected chi connectivity index (χ4v) is 12.0. The summed E-state index contributed by atoms with van der Waals surface area (Å²) in [5.41, 5.74) is 0. The van der Waals surface area contributed by atoms with E-state index < -0.39 is 97.5 Å². The Morgan fingerprint density at radius 2 is 0.523 bits per heavy atom. The first-order valence-electron chi connectivity index (χ1n) is 36.0. The molecule has 19 heteroatoms. The van der Waals surface area contributed by atoms with Gasteiger partial charge in [-0.3, -0.25) is 37.3 Å². The number of aliphatic hydroxyl groups is 1. The number of phosphoric acid groups is 2. The highest BCUT2D eigenvalue weighted by Crippen LogP contribution is 2.45. The van der Waals surface area contributed by atoms with Crippen LogP contribution in [0, 0.1) is 11.8 Å². The summed E-state index contributed by atoms with van der Waals surface area (Å²) in [6, 6.07) is 0. The Balaban J connectivity index is 5.24. The molecule has 522 valence electrons. The number of hydrogen-bond acceptors (Lipinski definition) is 15. The van der Waals surface area contributed by atoms with E-state index in [1.165, 1.54) is 167 Å². The molecular weight excluding hydrogens is 1160 g/mol. The number of hydrogen-bond donors (Lipinski definition) is 3. The molecular formula is C69H134O17P2. The Hall–Kier alpha value is -1.94. The first kappa shape index (κ1) is 86.1. The van der Waals surface area contributed by atoms with Crippen LogP contribution >= 0.6 is 15.6 Å². The summed E-state index contributed by atoms with van der Waals surface area (Å²) in [6.45, 7) is 9.51. The van der Waals surface area contributed by atoms with Crippen molar-refractivity contribution in [1.29, 1.82) is 0 Å². The molecule has 0 aromatic carbocycles. The van der Waals surface area contributed by atoms with Crippen molar-refractivity contribution in [3.8, 4) is 0 Å². The number of esters is 4. The minimum absolute atomic E-state index is 0.106. The summed E-state index contributed by atoms with van der Waals surface area (Å²) in [6.07, 6.45) is 45.7. The standard InChI is InChI=1S/C69H134O17P2/c1-7-9-11-13-15-17-21-26-33-39-45-51-66(71)79-57-64(85-68(73)53-47-41-35-27-22-18-16-14-12-10-8-2)59-83-87(75,76)81-55-63(70)56-82-88(77,78)84-60-65(58-80-67(72)52-46-40-34-30-29-32-38-44-50-62(5)6)86-69(74)54-48-42-36-28-24-20-19-23-25-31-37-43-49-61(3)4/h61-65,70H,7-60H2,1-6H3,(H,75,76)(H,77,78)/t63-,64+,65+/m0/s1. The maximum atomic E-state index is 13.0. The highest BCUT2D eigenvalue weighted by Gasteiger charge is 2.30. The van der Waals surface area contributed by atoms with Gasteiger partial charge in [-0.2, -0.15) is 0 Å². The van der Waals surface area contributed by atoms with Gasteiger partial charge in [0.15, 0.2) is 12.2 Å². The first-order chi connectivity index (χ1) is 42.4. The number of unbranched alkanes of at least 4 members (excludes halogenated alkanes) is 38. The molecule has 0 heterocycles. The molecule has 0 spiro atoms. The Labute approximate surface area is 537 Å². The molecule has 0 bridgehead atoms. The van der Waals surface area contributed by atoms with E-state index in [2.05, 4.69) is 41.5 Å². The van der Waals surface area contributed by atoms with Crippen molar-refractivity contribution in [3.05, 3.63) is 0 Å². The average Bonchev–Trinajstić information content (AvgIpc) is 3.60. The minimum Gasteiger partial charge on any atom is -0.462 e. The lowest BCUT2D eigenvalue weighted by Crippen LogP contribution is -2.30. The smallest absolute Gasteiger partial charge is 0.462 e. The second-order valence-electron chi connectivity index (χ2n) is 25.9. The largest absolute Gasteiger partial charge is 0.472 e. The summed E-state index contributed by atoms with van der Waals surface area (Å²) in [5.74, 6) is -0.622. The summed E-state index contributed by atoms with van der Waals surface area (Å²) in [7, 11) is -9.90. The number of carbonyl (C=O) groups excluding carboxylic acids is 4. The summed E-state index contributed by atoms with van der Waals surface area (Å²) >= 11 is 0. The maximum absolute atomic E-state index is 13.0. The van der Waals surface area contributed by atoms with Crippen LogP contribution in [0.4, 0.5) is 0 Å². The van der Waals surface area contributed by atoms with Crippen molar-refractivity contribution in [2.45, 2.75) is 368 Å². The monoisotopic (exact) mass is 1300 g/mol. The highest BCUT2D eigenvalue weighted by atomic mass is 31.2. The van der Waals surface area contributed by atoms with Crippen LogP contribution in [-0.4, -0.2) is 96.7 Å². The van der Waals surface area contributed by atoms with E-state index in [0.717, 1.165) is 102 Å². The van der Waals surface area contributed by atoms with Crippen LogP contribution in [0.2, 0.25) is 0 Å². The lowest BCUT2D eigenvalue weighted by molar-refractivity contribution is -0.161. The molecule has 0 saturated heterocycles. The van der Waals surface area contributed by atoms with Crippen molar-refractivity contribution < 1.29 is 80.2 Å². The van der Waals surface area contributed by atoms with Gasteiger partial charge in [-0.15, -0.1) is 0 Å². The van der Waals surface area contributed by atoms with Gasteiger partial charge in [-0.25, -0.2) is 9.13 Å². The fraction of sp³-hybridized carbons (Fsp3) is 0.942. The van der Waals surface area contributed by atoms with Crippen molar-refractivity contribution in [1.82, 2.24) is 0 Å². The van der Waals surface area contributed by atoms with Crippen LogP contribution in [0.25, 0.3) is 0 Å². The molecule has 0 saturated carbocycles. The van der Waals surface area contributed by atoms with Crippen LogP contribution in [0.15, 0.2) is 0 Å². The third-order valence-corrected chi connectivity index (χ3v) is 17.9. The summed E-state index contributed by atoms with van der Waals surface area (Å²) in [5, 5.41) is 10.6. The molecule has 0 radical (unpaired) electrons. The quantitative estimate of drug-likeness (QED) is 0.0222. The molecule has 0 aromatic rings. The summed E-state index contributed by atoms with van der Waals surface area (Å²) in [4.78, 5) is 72.5. The van der Waals surface area contributed by atoms with Gasteiger partial charge in [0, 0.05) is 25.7 Å². The third-order valence-electron chi connectivity index (χ3n) is 16.0. The third kappa shape index (κ3) is 62.8. The lowest BCUT2D eigenvalue weighted by Gasteiger charge is -2.21. The van der Waals surface area contributed by atoms with Gasteiger partial charge in [0.05, 0.1) is 26.4 Å². The van der Waals surface area contributed by atoms with Gasteiger partial charge in [-0.05, 0) is 37.5 Å². The number of carbonyl (C=O) groups is 4. The second kappa shape index (κ2) is 61.3. The Kier molecular flexibility index (Phi) is 59.9. The van der Waals surface area contributed by atoms with Crippen LogP contribution in [0.5, 0.6) is 0 Å². The van der Waals surface area contributed by atoms with Crippen molar-refractivity contribution in [2.75, 3.05) is 39.6 Å². The van der Waals surface area contributed by atoms with Crippen molar-refractivity contribution in [3.63, 3.8) is 0 Å². The summed E-state index contributed by atoms with van der Waals surface area (Å²) < 4.78 is 68.2. The van der Waals surface area contributed by atoms with E-state index in [1.807, 2.05) is 0 Å². The van der Waals surface area contributed by atoms with Gasteiger partial charge in [0.2, 0.25) is 0 Å². The number of phosphoric ester groups is 2. The SMILES string of the molecule is CCCCCCCCCCCCCC(=O)OC[C@H](COP(=O)(O)OC[C@H](O)COP(=O)(O)OC[C@@H](COC(=O)CCCCCCCCCCC(C)C)OC(=O)CCCCCCCCCCCCCCC(C)C)OC(=O)CCCCCCCCCCCCC. The number of aliphatic hydroxyl groups excluding tert-OH is 1. The number of ether oxygens (including phenoxy) is 4. The molecule has 5 atom stereocenters. The lowest BCUT2D eigenvalue weighted by atomic mass is 10.0. The fourth-order valence-electron chi connectivity index (χ4n) is 10.4. The van der Waals surface area contributed by atoms with Crippen LogP contribution in [0.3, 0.4) is 0 Å². The van der Waals surface area contributed by atoms with Crippen molar-refractivity contribution in [2.24, 2.45) is 11.8 Å². The zero-order valence-corrected chi connectivity index (χ0v) is 58.8. The second-order valence-corrected chi connectivity index (χ2v) is 28.8. The normalized spacial score (nSPS) is 14.2. The number of rotatable bonds is 68.